The normalized spacial score (nSPS) is 32.3. The van der Waals surface area contributed by atoms with Gasteiger partial charge in [0.15, 0.2) is 0 Å². The summed E-state index contributed by atoms with van der Waals surface area (Å²) in [5, 5.41) is 0. The summed E-state index contributed by atoms with van der Waals surface area (Å²) >= 11 is 1.78. The third-order valence-corrected chi connectivity index (χ3v) is 4.47. The predicted molar refractivity (Wildman–Crippen MR) is 61.7 cm³/mol. The van der Waals surface area contributed by atoms with Crippen LogP contribution in [0.25, 0.3) is 0 Å². The van der Waals surface area contributed by atoms with E-state index in [4.69, 9.17) is 5.73 Å². The number of thiazole rings is 1. The van der Waals surface area contributed by atoms with Gasteiger partial charge in [0.2, 0.25) is 0 Å². The topological polar surface area (TPSA) is 42.1 Å². The summed E-state index contributed by atoms with van der Waals surface area (Å²) in [6, 6.07) is 1.41. The lowest BCUT2D eigenvalue weighted by molar-refractivity contribution is 0.223. The zero-order valence-electron chi connectivity index (χ0n) is 8.80. The van der Waals surface area contributed by atoms with Crippen molar-refractivity contribution in [3.63, 3.8) is 0 Å². The molecule has 0 aromatic carbocycles. The van der Waals surface area contributed by atoms with Crippen molar-refractivity contribution in [3.8, 4) is 0 Å². The molecule has 1 aromatic rings. The summed E-state index contributed by atoms with van der Waals surface area (Å²) in [5.74, 6) is 0.644. The van der Waals surface area contributed by atoms with Gasteiger partial charge in [0.05, 0.1) is 11.6 Å². The van der Waals surface area contributed by atoms with Crippen LogP contribution in [0.2, 0.25) is 0 Å². The minimum absolute atomic E-state index is 0.565. The van der Waals surface area contributed by atoms with Crippen LogP contribution in [0, 0.1) is 5.92 Å². The second kappa shape index (κ2) is 3.85. The summed E-state index contributed by atoms with van der Waals surface area (Å²) < 4.78 is 0. The van der Waals surface area contributed by atoms with E-state index < -0.39 is 0 Å². The molecule has 1 aliphatic carbocycles. The monoisotopic (exact) mass is 223 g/mol. The molecule has 3 nitrogen and oxygen atoms in total. The highest BCUT2D eigenvalue weighted by Gasteiger charge is 2.42. The Labute approximate surface area is 94.3 Å². The molecule has 2 aliphatic rings. The maximum atomic E-state index is 5.87. The van der Waals surface area contributed by atoms with Crippen molar-refractivity contribution in [3.05, 3.63) is 16.6 Å². The molecule has 0 amide bonds. The highest BCUT2D eigenvalue weighted by molar-refractivity contribution is 7.09. The Morgan fingerprint density at radius 1 is 1.47 bits per heavy atom. The first kappa shape index (κ1) is 9.75. The SMILES string of the molecule is NCC1CCN(C2CC2)C1c1cncs1. The molecule has 1 saturated heterocycles. The van der Waals surface area contributed by atoms with Gasteiger partial charge in [-0.25, -0.2) is 0 Å². The number of likely N-dealkylation sites (tertiary alicyclic amines) is 1. The number of hydrogen-bond acceptors (Lipinski definition) is 4. The Morgan fingerprint density at radius 3 is 2.93 bits per heavy atom. The van der Waals surface area contributed by atoms with Gasteiger partial charge in [-0.15, -0.1) is 11.3 Å². The van der Waals surface area contributed by atoms with Crippen LogP contribution < -0.4 is 5.73 Å². The summed E-state index contributed by atoms with van der Waals surface area (Å²) in [6.45, 7) is 2.04. The van der Waals surface area contributed by atoms with Crippen LogP contribution in [0.1, 0.15) is 30.2 Å². The second-order valence-corrected chi connectivity index (χ2v) is 5.52. The van der Waals surface area contributed by atoms with Gasteiger partial charge in [-0.3, -0.25) is 9.88 Å². The second-order valence-electron chi connectivity index (χ2n) is 4.60. The first-order valence-electron chi connectivity index (χ1n) is 5.74. The first-order valence-corrected chi connectivity index (χ1v) is 6.62. The van der Waals surface area contributed by atoms with Crippen molar-refractivity contribution < 1.29 is 0 Å². The Bertz CT molecular complexity index is 321. The molecular weight excluding hydrogens is 206 g/mol. The van der Waals surface area contributed by atoms with E-state index in [0.29, 0.717) is 12.0 Å². The summed E-state index contributed by atoms with van der Waals surface area (Å²) in [5.41, 5.74) is 7.81. The van der Waals surface area contributed by atoms with Crippen LogP contribution >= 0.6 is 11.3 Å². The highest BCUT2D eigenvalue weighted by Crippen LogP contribution is 2.44. The molecule has 15 heavy (non-hydrogen) atoms. The smallest absolute Gasteiger partial charge is 0.0794 e. The molecule has 1 aromatic heterocycles. The van der Waals surface area contributed by atoms with E-state index in [1.54, 1.807) is 11.3 Å². The van der Waals surface area contributed by atoms with Gasteiger partial charge in [0, 0.05) is 17.1 Å². The maximum Gasteiger partial charge on any atom is 0.0794 e. The number of nitrogens with zero attached hydrogens (tertiary/aromatic N) is 2. The number of aromatic nitrogens is 1. The minimum Gasteiger partial charge on any atom is -0.330 e. The Balaban J connectivity index is 1.85. The van der Waals surface area contributed by atoms with Crippen LogP contribution in [0.4, 0.5) is 0 Å². The largest absolute Gasteiger partial charge is 0.330 e. The van der Waals surface area contributed by atoms with Crippen molar-refractivity contribution in [2.75, 3.05) is 13.1 Å². The van der Waals surface area contributed by atoms with E-state index in [9.17, 15) is 0 Å². The quantitative estimate of drug-likeness (QED) is 0.847. The maximum absolute atomic E-state index is 5.87. The van der Waals surface area contributed by atoms with Crippen molar-refractivity contribution in [2.45, 2.75) is 31.3 Å². The van der Waals surface area contributed by atoms with Crippen molar-refractivity contribution in [1.82, 2.24) is 9.88 Å². The van der Waals surface area contributed by atoms with Gasteiger partial charge in [0.1, 0.15) is 0 Å². The number of rotatable bonds is 3. The fraction of sp³-hybridized carbons (Fsp3) is 0.727. The minimum atomic E-state index is 0.565. The lowest BCUT2D eigenvalue weighted by Crippen LogP contribution is -2.29. The molecule has 0 radical (unpaired) electrons. The zero-order chi connectivity index (χ0) is 10.3. The molecular formula is C11H17N3S. The van der Waals surface area contributed by atoms with E-state index in [1.807, 2.05) is 11.7 Å². The third kappa shape index (κ3) is 1.71. The molecule has 1 aliphatic heterocycles. The fourth-order valence-corrected chi connectivity index (χ4v) is 3.55. The first-order chi connectivity index (χ1) is 7.40. The molecule has 2 N–H and O–H groups in total. The molecule has 82 valence electrons. The van der Waals surface area contributed by atoms with Crippen molar-refractivity contribution in [1.29, 1.82) is 0 Å². The molecule has 2 heterocycles. The number of nitrogens with two attached hydrogens (primary N) is 1. The Morgan fingerprint density at radius 2 is 2.33 bits per heavy atom. The molecule has 0 bridgehead atoms. The highest BCUT2D eigenvalue weighted by atomic mass is 32.1. The third-order valence-electron chi connectivity index (χ3n) is 3.62. The van der Waals surface area contributed by atoms with Crippen LogP contribution in [0.3, 0.4) is 0 Å². The Kier molecular flexibility index (Phi) is 2.50. The molecule has 3 rings (SSSR count). The van der Waals surface area contributed by atoms with Crippen LogP contribution in [0.5, 0.6) is 0 Å². The van der Waals surface area contributed by atoms with Crippen LogP contribution in [-0.2, 0) is 0 Å². The predicted octanol–water partition coefficient (Wildman–Crippen LogP) is 1.63. The van der Waals surface area contributed by atoms with Crippen molar-refractivity contribution >= 4 is 11.3 Å². The van der Waals surface area contributed by atoms with Gasteiger partial charge >= 0.3 is 0 Å². The van der Waals surface area contributed by atoms with Gasteiger partial charge < -0.3 is 5.73 Å². The molecule has 1 saturated carbocycles. The van der Waals surface area contributed by atoms with E-state index in [-0.39, 0.29) is 0 Å². The molecule has 4 heteroatoms. The van der Waals surface area contributed by atoms with Gasteiger partial charge in [0.25, 0.3) is 0 Å². The fourth-order valence-electron chi connectivity index (χ4n) is 2.71. The summed E-state index contributed by atoms with van der Waals surface area (Å²) in [6.07, 6.45) is 6.05. The molecule has 2 unspecified atom stereocenters. The van der Waals surface area contributed by atoms with Crippen LogP contribution in [-0.4, -0.2) is 29.0 Å². The average Bonchev–Trinajstić information content (AvgIpc) is 2.83. The zero-order valence-corrected chi connectivity index (χ0v) is 9.62. The van der Waals surface area contributed by atoms with Gasteiger partial charge in [-0.05, 0) is 38.3 Å². The van der Waals surface area contributed by atoms with Crippen molar-refractivity contribution in [2.24, 2.45) is 11.7 Å². The lowest BCUT2D eigenvalue weighted by atomic mass is 10.00. The Hall–Kier alpha value is -0.450. The van der Waals surface area contributed by atoms with Gasteiger partial charge in [-0.1, -0.05) is 0 Å². The standard InChI is InChI=1S/C11H17N3S/c12-5-8-3-4-14(9-1-2-9)11(8)10-6-13-7-15-10/h6-9,11H,1-5,12H2. The lowest BCUT2D eigenvalue weighted by Gasteiger charge is -2.26. The molecule has 2 atom stereocenters. The van der Waals surface area contributed by atoms with Crippen LogP contribution in [0.15, 0.2) is 11.7 Å². The molecule has 2 fully saturated rings. The summed E-state index contributed by atoms with van der Waals surface area (Å²) in [4.78, 5) is 8.27. The molecule has 0 spiro atoms. The number of hydrogen-bond donors (Lipinski definition) is 1. The summed E-state index contributed by atoms with van der Waals surface area (Å²) in [7, 11) is 0. The van der Waals surface area contributed by atoms with E-state index in [2.05, 4.69) is 9.88 Å². The van der Waals surface area contributed by atoms with Gasteiger partial charge in [-0.2, -0.15) is 0 Å². The van der Waals surface area contributed by atoms with E-state index in [1.165, 1.54) is 30.7 Å². The van der Waals surface area contributed by atoms with E-state index >= 15 is 0 Å². The van der Waals surface area contributed by atoms with E-state index in [0.717, 1.165) is 12.6 Å². The average molecular weight is 223 g/mol.